The van der Waals surface area contributed by atoms with Gasteiger partial charge in [0.1, 0.15) is 18.1 Å². The van der Waals surface area contributed by atoms with Crippen molar-refractivity contribution in [3.05, 3.63) is 76.9 Å². The zero-order chi connectivity index (χ0) is 25.4. The molecule has 0 saturated heterocycles. The second-order valence-corrected chi connectivity index (χ2v) is 9.77. The number of halogens is 2. The summed E-state index contributed by atoms with van der Waals surface area (Å²) in [4.78, 5) is 56.8. The van der Waals surface area contributed by atoms with Crippen LogP contribution in [0, 0.1) is 11.3 Å². The monoisotopic (exact) mass is 527 g/mol. The summed E-state index contributed by atoms with van der Waals surface area (Å²) in [6.45, 7) is 3.45. The molecule has 0 amide bonds. The van der Waals surface area contributed by atoms with Crippen LogP contribution in [0.1, 0.15) is 31.0 Å². The van der Waals surface area contributed by atoms with Gasteiger partial charge < -0.3 is 14.5 Å². The highest BCUT2D eigenvalue weighted by Crippen LogP contribution is 2.39. The van der Waals surface area contributed by atoms with E-state index < -0.39 is 36.4 Å². The van der Waals surface area contributed by atoms with Crippen molar-refractivity contribution in [2.75, 3.05) is 0 Å². The number of hydrogen-bond donors (Lipinski definition) is 3. The van der Waals surface area contributed by atoms with Crippen molar-refractivity contribution in [3.63, 3.8) is 0 Å². The number of rotatable bonds is 6. The molecular weight excluding hydrogens is 512 g/mol. The second kappa shape index (κ2) is 9.58. The van der Waals surface area contributed by atoms with E-state index in [2.05, 4.69) is 5.10 Å². The van der Waals surface area contributed by atoms with Gasteiger partial charge in [-0.3, -0.25) is 23.7 Å². The number of pyridine rings is 1. The summed E-state index contributed by atoms with van der Waals surface area (Å²) in [5.74, 6) is -0.347. The predicted molar refractivity (Wildman–Crippen MR) is 122 cm³/mol. The summed E-state index contributed by atoms with van der Waals surface area (Å²) in [6, 6.07) is 5.44. The molecular formula is C19H16Cl2N5O7P. The zero-order valence-corrected chi connectivity index (χ0v) is 19.9. The molecule has 1 aromatic carbocycles. The first-order valence-electron chi connectivity index (χ1n) is 9.40. The van der Waals surface area contributed by atoms with Crippen LogP contribution in [0.5, 0.6) is 11.5 Å². The van der Waals surface area contributed by atoms with Crippen molar-refractivity contribution in [2.45, 2.75) is 26.1 Å². The maximum Gasteiger partial charge on any atom is 0.349 e. The van der Waals surface area contributed by atoms with Gasteiger partial charge in [0.2, 0.25) is 5.69 Å². The van der Waals surface area contributed by atoms with Gasteiger partial charge in [-0.15, -0.1) is 5.10 Å². The van der Waals surface area contributed by atoms with Gasteiger partial charge in [-0.2, -0.15) is 9.94 Å². The quantitative estimate of drug-likeness (QED) is 0.405. The van der Waals surface area contributed by atoms with Gasteiger partial charge >= 0.3 is 13.3 Å². The Hall–Kier alpha value is -3.20. The molecule has 3 N–H and O–H groups in total. The Balaban J connectivity index is 2.09. The number of aromatic amines is 1. The van der Waals surface area contributed by atoms with E-state index >= 15 is 0 Å². The summed E-state index contributed by atoms with van der Waals surface area (Å²) >= 11 is 12.6. The summed E-state index contributed by atoms with van der Waals surface area (Å²) in [6.07, 6.45) is 0.256. The van der Waals surface area contributed by atoms with Crippen LogP contribution >= 0.6 is 30.8 Å². The van der Waals surface area contributed by atoms with Gasteiger partial charge in [0.25, 0.3) is 11.1 Å². The first kappa shape index (κ1) is 25.4. The average Bonchev–Trinajstić information content (AvgIpc) is 2.71. The van der Waals surface area contributed by atoms with Crippen molar-refractivity contribution in [1.29, 1.82) is 5.26 Å². The van der Waals surface area contributed by atoms with Crippen molar-refractivity contribution in [1.82, 2.24) is 19.3 Å². The third-order valence-electron chi connectivity index (χ3n) is 4.43. The van der Waals surface area contributed by atoms with E-state index in [0.717, 1.165) is 15.4 Å². The Morgan fingerprint density at radius 2 is 1.82 bits per heavy atom. The number of nitrogens with zero attached hydrogens (tertiary/aromatic N) is 4. The Labute approximate surface area is 200 Å². The molecule has 178 valence electrons. The van der Waals surface area contributed by atoms with Crippen LogP contribution in [0.4, 0.5) is 0 Å². The summed E-state index contributed by atoms with van der Waals surface area (Å²) in [5, 5.41) is 12.5. The van der Waals surface area contributed by atoms with E-state index in [1.54, 1.807) is 19.9 Å². The predicted octanol–water partition coefficient (Wildman–Crippen LogP) is 2.31. The van der Waals surface area contributed by atoms with E-state index in [1.165, 1.54) is 18.2 Å². The number of ether oxygens (including phenoxy) is 1. The van der Waals surface area contributed by atoms with Crippen LogP contribution in [0.2, 0.25) is 10.0 Å². The lowest BCUT2D eigenvalue weighted by molar-refractivity contribution is 0.360. The van der Waals surface area contributed by atoms with E-state index in [-0.39, 0.29) is 38.7 Å². The van der Waals surface area contributed by atoms with Gasteiger partial charge in [-0.25, -0.2) is 4.79 Å². The Morgan fingerprint density at radius 1 is 1.21 bits per heavy atom. The van der Waals surface area contributed by atoms with Crippen molar-refractivity contribution in [2.24, 2.45) is 0 Å². The van der Waals surface area contributed by atoms with Crippen LogP contribution in [0.15, 0.2) is 38.8 Å². The SMILES string of the molecule is CC(C)c1cc(Oc2c(Cl)cc(-n3nc(C#N)c(=O)[nH]c3=O)cc2Cl)cn(CP(=O)(O)O)c1=O. The van der Waals surface area contributed by atoms with Crippen LogP contribution in [-0.4, -0.2) is 29.1 Å². The van der Waals surface area contributed by atoms with E-state index in [0.29, 0.717) is 0 Å². The maximum atomic E-state index is 12.6. The highest BCUT2D eigenvalue weighted by Gasteiger charge is 2.20. The van der Waals surface area contributed by atoms with Gasteiger partial charge in [0.05, 0.1) is 21.9 Å². The molecule has 3 rings (SSSR count). The minimum atomic E-state index is -4.57. The number of hydrogen-bond acceptors (Lipinski definition) is 7. The molecule has 2 aromatic heterocycles. The minimum absolute atomic E-state index is 0.0226. The highest BCUT2D eigenvalue weighted by atomic mass is 35.5. The lowest BCUT2D eigenvalue weighted by atomic mass is 10.1. The number of benzene rings is 1. The van der Waals surface area contributed by atoms with Gasteiger partial charge in [-0.05, 0) is 24.1 Å². The van der Waals surface area contributed by atoms with E-state index in [1.807, 2.05) is 4.98 Å². The van der Waals surface area contributed by atoms with Crippen molar-refractivity contribution in [3.8, 4) is 23.3 Å². The zero-order valence-electron chi connectivity index (χ0n) is 17.5. The molecule has 34 heavy (non-hydrogen) atoms. The largest absolute Gasteiger partial charge is 0.453 e. The number of H-pyrrole nitrogens is 1. The molecule has 2 heterocycles. The maximum absolute atomic E-state index is 12.6. The van der Waals surface area contributed by atoms with E-state index in [9.17, 15) is 28.7 Å². The minimum Gasteiger partial charge on any atom is -0.453 e. The van der Waals surface area contributed by atoms with Gasteiger partial charge in [0, 0.05) is 5.56 Å². The number of nitriles is 1. The molecule has 0 spiro atoms. The lowest BCUT2D eigenvalue weighted by Crippen LogP contribution is -2.33. The molecule has 3 aromatic rings. The standard InChI is InChI=1S/C19H16Cl2N5O7P/c1-9(2)12-5-11(7-25(18(12)28)8-34(30,31)32)33-16-13(20)3-10(4-14(16)21)26-19(29)23-17(27)15(6-22)24-26/h3-5,7,9H,8H2,1-2H3,(H,23,27,29)(H2,30,31,32). The molecule has 12 nitrogen and oxygen atoms in total. The molecule has 0 aliphatic carbocycles. The molecule has 0 radical (unpaired) electrons. The van der Waals surface area contributed by atoms with Crippen LogP contribution in [0.3, 0.4) is 0 Å². The number of aromatic nitrogens is 4. The third-order valence-corrected chi connectivity index (χ3v) is 5.66. The van der Waals surface area contributed by atoms with Crippen LogP contribution in [0.25, 0.3) is 5.69 Å². The first-order valence-corrected chi connectivity index (χ1v) is 12.0. The average molecular weight is 528 g/mol. The lowest BCUT2D eigenvalue weighted by Gasteiger charge is -2.16. The fourth-order valence-corrected chi connectivity index (χ4v) is 4.10. The van der Waals surface area contributed by atoms with Crippen LogP contribution in [-0.2, 0) is 10.9 Å². The Bertz CT molecular complexity index is 1530. The number of nitrogens with one attached hydrogen (secondary N) is 1. The normalized spacial score (nSPS) is 11.5. The third kappa shape index (κ3) is 5.47. The Morgan fingerprint density at radius 3 is 2.35 bits per heavy atom. The van der Waals surface area contributed by atoms with Crippen molar-refractivity contribution < 1.29 is 19.1 Å². The fourth-order valence-electron chi connectivity index (χ4n) is 2.94. The Kier molecular flexibility index (Phi) is 7.16. The molecule has 0 bridgehead atoms. The smallest absolute Gasteiger partial charge is 0.349 e. The highest BCUT2D eigenvalue weighted by molar-refractivity contribution is 7.50. The molecule has 0 atom stereocenters. The fraction of sp³-hybridized carbons (Fsp3) is 0.211. The summed E-state index contributed by atoms with van der Waals surface area (Å²) in [5.41, 5.74) is -2.77. The summed E-state index contributed by atoms with van der Waals surface area (Å²) < 4.78 is 18.7. The summed E-state index contributed by atoms with van der Waals surface area (Å²) in [7, 11) is -4.57. The van der Waals surface area contributed by atoms with Gasteiger partial charge in [0.15, 0.2) is 5.75 Å². The van der Waals surface area contributed by atoms with E-state index in [4.69, 9.17) is 33.2 Å². The molecule has 0 aliphatic rings. The molecule has 0 aliphatic heterocycles. The molecule has 15 heteroatoms. The molecule has 0 saturated carbocycles. The van der Waals surface area contributed by atoms with Crippen molar-refractivity contribution >= 4 is 30.8 Å². The molecule has 0 fully saturated rings. The van der Waals surface area contributed by atoms with Crippen LogP contribution < -0.4 is 21.5 Å². The topological polar surface area (TPSA) is 180 Å². The first-order chi connectivity index (χ1) is 15.8. The second-order valence-electron chi connectivity index (χ2n) is 7.34. The molecule has 0 unspecified atom stereocenters. The van der Waals surface area contributed by atoms with Gasteiger partial charge in [-0.1, -0.05) is 37.0 Å².